The fourth-order valence-corrected chi connectivity index (χ4v) is 3.85. The van der Waals surface area contributed by atoms with Crippen molar-refractivity contribution in [3.8, 4) is 11.5 Å². The molecule has 2 aromatic rings. The molecule has 0 spiro atoms. The van der Waals surface area contributed by atoms with Crippen molar-refractivity contribution in [3.63, 3.8) is 0 Å². The van der Waals surface area contributed by atoms with Crippen LogP contribution in [0, 0.1) is 0 Å². The van der Waals surface area contributed by atoms with Crippen molar-refractivity contribution in [1.82, 2.24) is 5.32 Å². The summed E-state index contributed by atoms with van der Waals surface area (Å²) >= 11 is 1.13. The summed E-state index contributed by atoms with van der Waals surface area (Å²) in [5.74, 6) is 0.602. The van der Waals surface area contributed by atoms with Crippen LogP contribution in [0.2, 0.25) is 0 Å². The number of allylic oxidation sites excluding steroid dienone is 1. The smallest absolute Gasteiger partial charge is 0.286 e. The zero-order chi connectivity index (χ0) is 22.2. The number of carbonyl (C=O) groups excluding carboxylic acids is 2. The van der Waals surface area contributed by atoms with E-state index in [0.717, 1.165) is 28.5 Å². The van der Waals surface area contributed by atoms with Crippen molar-refractivity contribution >= 4 is 34.8 Å². The minimum atomic E-state index is -0.388. The molecule has 0 atom stereocenters. The van der Waals surface area contributed by atoms with E-state index < -0.39 is 0 Å². The number of rotatable bonds is 8. The number of benzene rings is 2. The van der Waals surface area contributed by atoms with Gasteiger partial charge in [-0.05, 0) is 54.4 Å². The highest BCUT2D eigenvalue weighted by Gasteiger charge is 2.23. The van der Waals surface area contributed by atoms with Crippen LogP contribution in [-0.4, -0.2) is 23.6 Å². The van der Waals surface area contributed by atoms with Crippen LogP contribution < -0.4 is 14.8 Å². The Balaban J connectivity index is 1.91. The van der Waals surface area contributed by atoms with E-state index in [9.17, 15) is 9.59 Å². The predicted molar refractivity (Wildman–Crippen MR) is 124 cm³/mol. The molecule has 0 aliphatic carbocycles. The number of carbonyl (C=O) groups is 2. The van der Waals surface area contributed by atoms with Crippen LogP contribution in [0.5, 0.6) is 11.5 Å². The molecule has 0 bridgehead atoms. The summed E-state index contributed by atoms with van der Waals surface area (Å²) in [6.07, 6.45) is 4.11. The third kappa shape index (κ3) is 6.08. The first-order valence-corrected chi connectivity index (χ1v) is 10.7. The number of hydrogen-bond acceptors (Lipinski definition) is 5. The van der Waals surface area contributed by atoms with Crippen LogP contribution in [-0.2, 0) is 22.6 Å². The van der Waals surface area contributed by atoms with Crippen molar-refractivity contribution in [2.75, 3.05) is 6.61 Å². The van der Waals surface area contributed by atoms with Gasteiger partial charge in [0.1, 0.15) is 6.61 Å². The quantitative estimate of drug-likeness (QED) is 0.487. The summed E-state index contributed by atoms with van der Waals surface area (Å²) in [4.78, 5) is 27.7. The molecule has 3 rings (SSSR count). The largest absolute Gasteiger partial charge is 0.490 e. The second-order valence-electron chi connectivity index (χ2n) is 6.72. The SMILES string of the molecule is C=CCc1cc(C=C2SC(NC(C)=O)=NC2=O)cc(OCC)c1OCc1ccccc1. The maximum absolute atomic E-state index is 12.2. The number of nitrogens with zero attached hydrogens (tertiary/aromatic N) is 1. The zero-order valence-electron chi connectivity index (χ0n) is 17.5. The van der Waals surface area contributed by atoms with Gasteiger partial charge < -0.3 is 14.8 Å². The van der Waals surface area contributed by atoms with Crippen LogP contribution in [0.4, 0.5) is 0 Å². The van der Waals surface area contributed by atoms with Crippen molar-refractivity contribution in [1.29, 1.82) is 0 Å². The third-order valence-electron chi connectivity index (χ3n) is 4.25. The molecule has 0 aromatic heterocycles. The first kappa shape index (κ1) is 22.4. The number of aliphatic imine (C=N–C) groups is 1. The molecule has 31 heavy (non-hydrogen) atoms. The molecule has 6 nitrogen and oxygen atoms in total. The molecule has 1 N–H and O–H groups in total. The standard InChI is InChI=1S/C24H24N2O4S/c1-4-9-19-12-18(14-21-23(28)26-24(31-21)25-16(3)27)13-20(29-5-2)22(19)30-15-17-10-7-6-8-11-17/h4,6-8,10-14H,1,5,9,15H2,2-3H3,(H,25,26,27,28). The molecule has 2 aromatic carbocycles. The van der Waals surface area contributed by atoms with Gasteiger partial charge in [0.15, 0.2) is 16.7 Å². The summed E-state index contributed by atoms with van der Waals surface area (Å²) in [5, 5.41) is 2.83. The van der Waals surface area contributed by atoms with Crippen LogP contribution >= 0.6 is 11.8 Å². The minimum absolute atomic E-state index is 0.271. The van der Waals surface area contributed by atoms with E-state index in [-0.39, 0.29) is 17.0 Å². The van der Waals surface area contributed by atoms with E-state index in [1.165, 1.54) is 6.92 Å². The average molecular weight is 437 g/mol. The van der Waals surface area contributed by atoms with Gasteiger partial charge in [-0.15, -0.1) is 6.58 Å². The Hall–Kier alpha value is -3.32. The second-order valence-corrected chi connectivity index (χ2v) is 7.75. The molecule has 1 heterocycles. The van der Waals surface area contributed by atoms with Crippen LogP contribution in [0.15, 0.2) is 65.0 Å². The highest BCUT2D eigenvalue weighted by atomic mass is 32.2. The lowest BCUT2D eigenvalue weighted by molar-refractivity contribution is -0.117. The van der Waals surface area contributed by atoms with E-state index in [4.69, 9.17) is 9.47 Å². The zero-order valence-corrected chi connectivity index (χ0v) is 18.3. The van der Waals surface area contributed by atoms with E-state index in [1.807, 2.05) is 49.4 Å². The Morgan fingerprint density at radius 2 is 2.00 bits per heavy atom. The lowest BCUT2D eigenvalue weighted by Crippen LogP contribution is -2.23. The third-order valence-corrected chi connectivity index (χ3v) is 5.14. The number of amidine groups is 1. The van der Waals surface area contributed by atoms with E-state index in [0.29, 0.717) is 36.0 Å². The number of nitrogens with one attached hydrogen (secondary N) is 1. The van der Waals surface area contributed by atoms with Gasteiger partial charge in [0, 0.05) is 12.5 Å². The highest BCUT2D eigenvalue weighted by Crippen LogP contribution is 2.36. The topological polar surface area (TPSA) is 77.0 Å². The summed E-state index contributed by atoms with van der Waals surface area (Å²) in [7, 11) is 0. The van der Waals surface area contributed by atoms with Gasteiger partial charge in [-0.3, -0.25) is 9.59 Å². The molecule has 7 heteroatoms. The van der Waals surface area contributed by atoms with Gasteiger partial charge in [0.2, 0.25) is 5.91 Å². The molecule has 0 fully saturated rings. The summed E-state index contributed by atoms with van der Waals surface area (Å²) in [6, 6.07) is 13.7. The molecule has 160 valence electrons. The van der Waals surface area contributed by atoms with Crippen molar-refractivity contribution in [2.24, 2.45) is 4.99 Å². The lowest BCUT2D eigenvalue weighted by Gasteiger charge is -2.17. The van der Waals surface area contributed by atoms with Crippen molar-refractivity contribution in [2.45, 2.75) is 26.9 Å². The van der Waals surface area contributed by atoms with E-state index in [1.54, 1.807) is 12.2 Å². The normalized spacial score (nSPS) is 14.3. The molecule has 0 unspecified atom stereocenters. The van der Waals surface area contributed by atoms with Gasteiger partial charge in [-0.25, -0.2) is 0 Å². The maximum atomic E-state index is 12.2. The van der Waals surface area contributed by atoms with Crippen LogP contribution in [0.1, 0.15) is 30.5 Å². The van der Waals surface area contributed by atoms with Gasteiger partial charge in [-0.1, -0.05) is 36.4 Å². The van der Waals surface area contributed by atoms with E-state index >= 15 is 0 Å². The molecule has 0 saturated heterocycles. The highest BCUT2D eigenvalue weighted by molar-refractivity contribution is 8.18. The summed E-state index contributed by atoms with van der Waals surface area (Å²) in [6.45, 7) is 8.01. The minimum Gasteiger partial charge on any atom is -0.490 e. The van der Waals surface area contributed by atoms with Gasteiger partial charge in [0.05, 0.1) is 11.5 Å². The van der Waals surface area contributed by atoms with Crippen molar-refractivity contribution < 1.29 is 19.1 Å². The fraction of sp³-hybridized carbons (Fsp3) is 0.208. The number of ether oxygens (including phenoxy) is 2. The van der Waals surface area contributed by atoms with Crippen LogP contribution in [0.3, 0.4) is 0 Å². The summed E-state index contributed by atoms with van der Waals surface area (Å²) in [5.41, 5.74) is 2.74. The first-order valence-electron chi connectivity index (χ1n) is 9.87. The van der Waals surface area contributed by atoms with Crippen LogP contribution in [0.25, 0.3) is 6.08 Å². The Bertz CT molecular complexity index is 1050. The Labute approximate surface area is 186 Å². The van der Waals surface area contributed by atoms with Crippen molar-refractivity contribution in [3.05, 3.63) is 76.7 Å². The molecule has 2 amide bonds. The van der Waals surface area contributed by atoms with E-state index in [2.05, 4.69) is 16.9 Å². The maximum Gasteiger partial charge on any atom is 0.286 e. The Morgan fingerprint density at radius 1 is 1.23 bits per heavy atom. The molecule has 1 aliphatic heterocycles. The molecule has 1 aliphatic rings. The summed E-state index contributed by atoms with van der Waals surface area (Å²) < 4.78 is 12.0. The van der Waals surface area contributed by atoms with Gasteiger partial charge >= 0.3 is 0 Å². The Kier molecular flexibility index (Phi) is 7.67. The number of hydrogen-bond donors (Lipinski definition) is 1. The first-order chi connectivity index (χ1) is 15.0. The number of thioether (sulfide) groups is 1. The van der Waals surface area contributed by atoms with Gasteiger partial charge in [0.25, 0.3) is 5.91 Å². The predicted octanol–water partition coefficient (Wildman–Crippen LogP) is 4.50. The lowest BCUT2D eigenvalue weighted by atomic mass is 10.0. The number of amides is 2. The molecular formula is C24H24N2O4S. The average Bonchev–Trinajstić information content (AvgIpc) is 3.06. The molecule has 0 saturated carbocycles. The monoisotopic (exact) mass is 436 g/mol. The molecular weight excluding hydrogens is 412 g/mol. The second kappa shape index (κ2) is 10.6. The Morgan fingerprint density at radius 3 is 2.68 bits per heavy atom. The fourth-order valence-electron chi connectivity index (χ4n) is 2.99. The van der Waals surface area contributed by atoms with Gasteiger partial charge in [-0.2, -0.15) is 4.99 Å². The molecule has 0 radical (unpaired) electrons.